The van der Waals surface area contributed by atoms with Gasteiger partial charge in [-0.05, 0) is 42.5 Å². The van der Waals surface area contributed by atoms with E-state index in [2.05, 4.69) is 10.6 Å². The standard InChI is InChI=1S/C25H18ClN3O6/c1-27-25(34)28-21(30)20(14-5-3-2-4-6-14)35-24(33)15-7-12-18-19(13-15)23(32)29(22(18)31)17-10-8-16(26)9-11-17/h2-13,20H,1H3,(H2,27,28,30,34)/t20-/m0/s1. The minimum Gasteiger partial charge on any atom is -0.444 e. The highest BCUT2D eigenvalue weighted by atomic mass is 35.5. The van der Waals surface area contributed by atoms with Crippen LogP contribution in [0.15, 0.2) is 72.8 Å². The topological polar surface area (TPSA) is 122 Å². The van der Waals surface area contributed by atoms with Crippen LogP contribution in [0.2, 0.25) is 5.02 Å². The van der Waals surface area contributed by atoms with Gasteiger partial charge < -0.3 is 10.1 Å². The number of fused-ring (bicyclic) bond motifs is 1. The van der Waals surface area contributed by atoms with Crippen LogP contribution in [0.25, 0.3) is 0 Å². The SMILES string of the molecule is CNC(=O)NC(=O)[C@@H](OC(=O)c1ccc2c(c1)C(=O)N(c1ccc(Cl)cc1)C2=O)c1ccccc1. The number of ether oxygens (including phenoxy) is 1. The largest absolute Gasteiger partial charge is 0.444 e. The maximum Gasteiger partial charge on any atom is 0.339 e. The Labute approximate surface area is 204 Å². The molecule has 10 heteroatoms. The number of rotatable bonds is 5. The fourth-order valence-electron chi connectivity index (χ4n) is 3.51. The van der Waals surface area contributed by atoms with Crippen molar-refractivity contribution in [2.24, 2.45) is 0 Å². The predicted octanol–water partition coefficient (Wildman–Crippen LogP) is 3.49. The van der Waals surface area contributed by atoms with Crippen molar-refractivity contribution in [2.75, 3.05) is 11.9 Å². The van der Waals surface area contributed by atoms with Crippen LogP contribution >= 0.6 is 11.6 Å². The van der Waals surface area contributed by atoms with E-state index in [1.165, 1.54) is 37.4 Å². The molecule has 1 atom stereocenters. The van der Waals surface area contributed by atoms with Crippen LogP contribution in [-0.4, -0.2) is 36.8 Å². The number of hydrogen-bond acceptors (Lipinski definition) is 6. The summed E-state index contributed by atoms with van der Waals surface area (Å²) in [6.45, 7) is 0. The monoisotopic (exact) mass is 491 g/mol. The summed E-state index contributed by atoms with van der Waals surface area (Å²) in [5.74, 6) is -2.93. The van der Waals surface area contributed by atoms with Gasteiger partial charge in [-0.1, -0.05) is 41.9 Å². The molecule has 2 N–H and O–H groups in total. The first-order valence-electron chi connectivity index (χ1n) is 10.4. The molecule has 1 heterocycles. The van der Waals surface area contributed by atoms with Crippen LogP contribution in [0.5, 0.6) is 0 Å². The Morgan fingerprint density at radius 3 is 2.20 bits per heavy atom. The summed E-state index contributed by atoms with van der Waals surface area (Å²) in [5, 5.41) is 4.79. The highest BCUT2D eigenvalue weighted by molar-refractivity contribution is 6.35. The highest BCUT2D eigenvalue weighted by Gasteiger charge is 2.37. The van der Waals surface area contributed by atoms with Gasteiger partial charge >= 0.3 is 12.0 Å². The molecule has 0 saturated heterocycles. The van der Waals surface area contributed by atoms with Crippen LogP contribution in [0.1, 0.15) is 42.7 Å². The van der Waals surface area contributed by atoms with Crippen molar-refractivity contribution < 1.29 is 28.7 Å². The van der Waals surface area contributed by atoms with E-state index in [1.807, 2.05) is 0 Å². The van der Waals surface area contributed by atoms with Crippen molar-refractivity contribution in [1.29, 1.82) is 0 Å². The molecule has 0 saturated carbocycles. The number of hydrogen-bond donors (Lipinski definition) is 2. The molecule has 5 amide bonds. The molecule has 0 fully saturated rings. The molecule has 3 aromatic carbocycles. The highest BCUT2D eigenvalue weighted by Crippen LogP contribution is 2.30. The zero-order chi connectivity index (χ0) is 25.1. The average Bonchev–Trinajstić information content (AvgIpc) is 3.12. The van der Waals surface area contributed by atoms with E-state index < -0.39 is 35.8 Å². The second kappa shape index (κ2) is 9.78. The summed E-state index contributed by atoms with van der Waals surface area (Å²) in [4.78, 5) is 64.0. The van der Waals surface area contributed by atoms with Crippen LogP contribution in [-0.2, 0) is 9.53 Å². The Balaban J connectivity index is 1.60. The van der Waals surface area contributed by atoms with E-state index in [0.717, 1.165) is 4.90 Å². The Morgan fingerprint density at radius 1 is 0.886 bits per heavy atom. The molecule has 1 aliphatic heterocycles. The third-order valence-electron chi connectivity index (χ3n) is 5.24. The van der Waals surface area contributed by atoms with E-state index >= 15 is 0 Å². The molecule has 0 spiro atoms. The molecular weight excluding hydrogens is 474 g/mol. The summed E-state index contributed by atoms with van der Waals surface area (Å²) in [6.07, 6.45) is -1.43. The average molecular weight is 492 g/mol. The van der Waals surface area contributed by atoms with E-state index in [1.54, 1.807) is 42.5 Å². The minimum absolute atomic E-state index is 0.0190. The predicted molar refractivity (Wildman–Crippen MR) is 126 cm³/mol. The number of esters is 1. The molecule has 1 aliphatic rings. The normalized spacial score (nSPS) is 13.1. The van der Waals surface area contributed by atoms with Gasteiger partial charge in [0, 0.05) is 17.6 Å². The van der Waals surface area contributed by atoms with Crippen molar-refractivity contribution in [3.63, 3.8) is 0 Å². The molecule has 0 aliphatic carbocycles. The molecule has 0 radical (unpaired) electrons. The second-order valence-electron chi connectivity index (χ2n) is 7.45. The van der Waals surface area contributed by atoms with Gasteiger partial charge in [0.2, 0.25) is 6.10 Å². The van der Waals surface area contributed by atoms with E-state index in [-0.39, 0.29) is 16.7 Å². The molecule has 176 valence electrons. The maximum absolute atomic E-state index is 13.0. The number of amides is 5. The van der Waals surface area contributed by atoms with Crippen LogP contribution in [0.3, 0.4) is 0 Å². The molecule has 0 unspecified atom stereocenters. The van der Waals surface area contributed by atoms with E-state index in [0.29, 0.717) is 16.3 Å². The van der Waals surface area contributed by atoms with Crippen molar-refractivity contribution in [2.45, 2.75) is 6.10 Å². The van der Waals surface area contributed by atoms with Crippen molar-refractivity contribution in [1.82, 2.24) is 10.6 Å². The maximum atomic E-state index is 13.0. The Morgan fingerprint density at radius 2 is 1.54 bits per heavy atom. The third-order valence-corrected chi connectivity index (χ3v) is 5.49. The number of carbonyl (C=O) groups excluding carboxylic acids is 5. The first kappa shape index (κ1) is 23.7. The lowest BCUT2D eigenvalue weighted by molar-refractivity contribution is -0.129. The van der Waals surface area contributed by atoms with Gasteiger partial charge in [-0.15, -0.1) is 0 Å². The van der Waals surface area contributed by atoms with E-state index in [4.69, 9.17) is 16.3 Å². The Kier molecular flexibility index (Phi) is 6.61. The van der Waals surface area contributed by atoms with Crippen molar-refractivity contribution >= 4 is 47.0 Å². The smallest absolute Gasteiger partial charge is 0.339 e. The summed E-state index contributed by atoms with van der Waals surface area (Å²) >= 11 is 5.89. The number of carbonyl (C=O) groups is 5. The third kappa shape index (κ3) is 4.75. The number of nitrogens with one attached hydrogen (secondary N) is 2. The Bertz CT molecular complexity index is 1340. The summed E-state index contributed by atoms with van der Waals surface area (Å²) in [7, 11) is 1.34. The molecule has 0 aromatic heterocycles. The van der Waals surface area contributed by atoms with Gasteiger partial charge in [-0.25, -0.2) is 14.5 Å². The van der Waals surface area contributed by atoms with E-state index in [9.17, 15) is 24.0 Å². The number of anilines is 1. The van der Waals surface area contributed by atoms with Crippen molar-refractivity contribution in [3.05, 3.63) is 100 Å². The fourth-order valence-corrected chi connectivity index (χ4v) is 3.63. The van der Waals surface area contributed by atoms with Crippen molar-refractivity contribution in [3.8, 4) is 0 Å². The van der Waals surface area contributed by atoms with Gasteiger partial charge in [0.15, 0.2) is 0 Å². The Hall–Kier alpha value is -4.50. The lowest BCUT2D eigenvalue weighted by Gasteiger charge is -2.17. The summed E-state index contributed by atoms with van der Waals surface area (Å²) in [5.41, 5.74) is 0.767. The number of urea groups is 1. The first-order chi connectivity index (χ1) is 16.8. The van der Waals surface area contributed by atoms with Gasteiger partial charge in [0.05, 0.1) is 22.4 Å². The molecule has 4 rings (SSSR count). The quantitative estimate of drug-likeness (QED) is 0.416. The first-order valence-corrected chi connectivity index (χ1v) is 10.7. The summed E-state index contributed by atoms with van der Waals surface area (Å²) in [6, 6.07) is 17.5. The van der Waals surface area contributed by atoms with Gasteiger partial charge in [0.25, 0.3) is 17.7 Å². The lowest BCUT2D eigenvalue weighted by atomic mass is 10.1. The zero-order valence-corrected chi connectivity index (χ0v) is 19.0. The molecule has 0 bridgehead atoms. The number of benzene rings is 3. The van der Waals surface area contributed by atoms with Gasteiger partial charge in [-0.3, -0.25) is 19.7 Å². The van der Waals surface area contributed by atoms with Crippen LogP contribution < -0.4 is 15.5 Å². The van der Waals surface area contributed by atoms with Gasteiger partial charge in [0.1, 0.15) is 0 Å². The van der Waals surface area contributed by atoms with Crippen LogP contribution in [0.4, 0.5) is 10.5 Å². The van der Waals surface area contributed by atoms with Gasteiger partial charge in [-0.2, -0.15) is 0 Å². The zero-order valence-electron chi connectivity index (χ0n) is 18.3. The minimum atomic E-state index is -1.43. The molecule has 9 nitrogen and oxygen atoms in total. The number of nitrogens with zero attached hydrogens (tertiary/aromatic N) is 1. The van der Waals surface area contributed by atoms with Crippen LogP contribution in [0, 0.1) is 0 Å². The molecule has 3 aromatic rings. The number of halogens is 1. The second-order valence-corrected chi connectivity index (χ2v) is 7.88. The molecule has 35 heavy (non-hydrogen) atoms. The lowest BCUT2D eigenvalue weighted by Crippen LogP contribution is -2.41. The fraction of sp³-hybridized carbons (Fsp3) is 0.0800. The number of imide groups is 2. The summed E-state index contributed by atoms with van der Waals surface area (Å²) < 4.78 is 5.42. The molecular formula is C25H18ClN3O6.